The van der Waals surface area contributed by atoms with E-state index in [0.29, 0.717) is 69.1 Å². The van der Waals surface area contributed by atoms with Gasteiger partial charge in [0.15, 0.2) is 0 Å². The molecule has 3 amide bonds. The minimum absolute atomic E-state index is 0.170. The second-order valence-corrected chi connectivity index (χ2v) is 14.4. The number of piperidine rings is 1. The number of ether oxygens (including phenoxy) is 2. The Hall–Kier alpha value is -4.90. The molecule has 2 atom stereocenters. The van der Waals surface area contributed by atoms with Crippen LogP contribution in [0.4, 0.5) is 10.5 Å². The zero-order valence-corrected chi connectivity index (χ0v) is 31.0. The van der Waals surface area contributed by atoms with E-state index in [2.05, 4.69) is 29.2 Å². The van der Waals surface area contributed by atoms with Gasteiger partial charge in [-0.2, -0.15) is 0 Å². The topological polar surface area (TPSA) is 120 Å². The molecule has 0 bridgehead atoms. The number of aliphatic carboxylic acids is 1. The third-order valence-corrected chi connectivity index (χ3v) is 9.70. The lowest BCUT2D eigenvalue weighted by atomic mass is 9.97. The first kappa shape index (κ1) is 38.3. The van der Waals surface area contributed by atoms with Crippen LogP contribution in [0.2, 0.25) is 0 Å². The number of anilines is 1. The summed E-state index contributed by atoms with van der Waals surface area (Å²) in [6, 6.07) is 23.2. The summed E-state index contributed by atoms with van der Waals surface area (Å²) < 4.78 is 11.5. The number of likely N-dealkylation sites (tertiary alicyclic amines) is 1. The van der Waals surface area contributed by atoms with Gasteiger partial charge < -0.3 is 29.3 Å². The molecular weight excluding hydrogens is 660 g/mol. The van der Waals surface area contributed by atoms with Crippen molar-refractivity contribution in [2.24, 2.45) is 5.92 Å². The fraction of sp³-hybridized carbons (Fsp3) is 0.463. The number of hydrogen-bond acceptors (Lipinski definition) is 7. The number of fused-ring (bicyclic) bond motifs is 1. The van der Waals surface area contributed by atoms with Crippen molar-refractivity contribution in [3.63, 3.8) is 0 Å². The summed E-state index contributed by atoms with van der Waals surface area (Å²) in [4.78, 5) is 61.1. The standard InChI is InChI=1S/C41H52N4O7/c1-6-19-44(33-18-13-20-43(27-33)40(50)51-28-29(2)3)37(46)34-24-35-36(23-30(34)4)52-41(5,39(48)49)38(47)45(35)22-21-42(25-31-14-9-7-10-15-31)26-32-16-11-8-12-17-32/h7-12,14-17,23-24,29,33H,6,13,18-22,25-28H2,1-5H3,(H,48,49)/t33-,41?/m1/s1. The zero-order chi connectivity index (χ0) is 37.4. The van der Waals surface area contributed by atoms with Crippen molar-refractivity contribution in [3.8, 4) is 5.75 Å². The minimum atomic E-state index is -2.14. The predicted molar refractivity (Wildman–Crippen MR) is 199 cm³/mol. The Balaban J connectivity index is 1.45. The molecule has 0 radical (unpaired) electrons. The second kappa shape index (κ2) is 17.1. The van der Waals surface area contributed by atoms with Crippen LogP contribution >= 0.6 is 0 Å². The SMILES string of the molecule is CCCN(C(=O)c1cc2c(cc1C)OC(C)(C(=O)O)C(=O)N2CCN(Cc1ccccc1)Cc1ccccc1)[C@@H]1CCCN(C(=O)OCC(C)C)C1. The number of carbonyl (C=O) groups excluding carboxylic acids is 3. The third kappa shape index (κ3) is 8.93. The largest absolute Gasteiger partial charge is 0.478 e. The molecule has 2 aliphatic rings. The van der Waals surface area contributed by atoms with Crippen molar-refractivity contribution < 1.29 is 33.8 Å². The highest BCUT2D eigenvalue weighted by Crippen LogP contribution is 2.40. The highest BCUT2D eigenvalue weighted by atomic mass is 16.6. The minimum Gasteiger partial charge on any atom is -0.478 e. The van der Waals surface area contributed by atoms with Crippen LogP contribution in [0.3, 0.4) is 0 Å². The lowest BCUT2D eigenvalue weighted by molar-refractivity contribution is -0.161. The fourth-order valence-electron chi connectivity index (χ4n) is 6.87. The van der Waals surface area contributed by atoms with Crippen LogP contribution in [0.5, 0.6) is 5.75 Å². The number of amides is 3. The first-order valence-corrected chi connectivity index (χ1v) is 18.3. The van der Waals surface area contributed by atoms with Gasteiger partial charge in [0.2, 0.25) is 0 Å². The molecule has 5 rings (SSSR count). The number of carboxylic acid groups (broad SMARTS) is 1. The Bertz CT molecular complexity index is 1680. The van der Waals surface area contributed by atoms with Crippen molar-refractivity contribution in [2.75, 3.05) is 44.2 Å². The average Bonchev–Trinajstić information content (AvgIpc) is 3.13. The molecule has 11 nitrogen and oxygen atoms in total. The fourth-order valence-corrected chi connectivity index (χ4v) is 6.87. The molecule has 3 aromatic rings. The van der Waals surface area contributed by atoms with Crippen LogP contribution in [0.15, 0.2) is 72.8 Å². The number of hydrogen-bond donors (Lipinski definition) is 1. The van der Waals surface area contributed by atoms with E-state index in [9.17, 15) is 24.3 Å². The van der Waals surface area contributed by atoms with Gasteiger partial charge in [-0.15, -0.1) is 0 Å². The summed E-state index contributed by atoms with van der Waals surface area (Å²) in [5, 5.41) is 10.2. The van der Waals surface area contributed by atoms with Crippen LogP contribution in [-0.2, 0) is 27.4 Å². The van der Waals surface area contributed by atoms with Gasteiger partial charge in [-0.1, -0.05) is 81.4 Å². The first-order chi connectivity index (χ1) is 24.9. The number of rotatable bonds is 14. The monoisotopic (exact) mass is 712 g/mol. The van der Waals surface area contributed by atoms with E-state index in [4.69, 9.17) is 9.47 Å². The van der Waals surface area contributed by atoms with Crippen LogP contribution < -0.4 is 9.64 Å². The molecule has 1 N–H and O–H groups in total. The normalized spacial score (nSPS) is 18.6. The number of benzene rings is 3. The number of nitrogens with zero attached hydrogens (tertiary/aromatic N) is 4. The van der Waals surface area contributed by atoms with Crippen molar-refractivity contribution >= 4 is 29.6 Å². The molecule has 52 heavy (non-hydrogen) atoms. The molecule has 2 aliphatic heterocycles. The second-order valence-electron chi connectivity index (χ2n) is 14.4. The molecule has 278 valence electrons. The van der Waals surface area contributed by atoms with E-state index in [1.807, 2.05) is 62.1 Å². The van der Waals surface area contributed by atoms with Crippen LogP contribution in [0, 0.1) is 12.8 Å². The maximum absolute atomic E-state index is 14.5. The van der Waals surface area contributed by atoms with Crippen molar-refractivity contribution in [1.82, 2.24) is 14.7 Å². The molecule has 11 heteroatoms. The van der Waals surface area contributed by atoms with E-state index in [-0.39, 0.29) is 36.3 Å². The molecule has 2 heterocycles. The number of carbonyl (C=O) groups is 4. The Morgan fingerprint density at radius 1 is 1.00 bits per heavy atom. The lowest BCUT2D eigenvalue weighted by Gasteiger charge is -2.41. The summed E-state index contributed by atoms with van der Waals surface area (Å²) in [6.07, 6.45) is 1.83. The van der Waals surface area contributed by atoms with Crippen LogP contribution in [0.25, 0.3) is 0 Å². The van der Waals surface area contributed by atoms with E-state index < -0.39 is 17.5 Å². The van der Waals surface area contributed by atoms with Gasteiger partial charge in [-0.25, -0.2) is 9.59 Å². The van der Waals surface area contributed by atoms with Gasteiger partial charge in [0.05, 0.1) is 12.3 Å². The molecule has 1 unspecified atom stereocenters. The maximum atomic E-state index is 14.5. The molecule has 3 aromatic carbocycles. The van der Waals surface area contributed by atoms with E-state index in [1.54, 1.807) is 24.0 Å². The quantitative estimate of drug-likeness (QED) is 0.192. The summed E-state index contributed by atoms with van der Waals surface area (Å²) in [7, 11) is 0. The Kier molecular flexibility index (Phi) is 12.6. The van der Waals surface area contributed by atoms with Crippen LogP contribution in [0.1, 0.15) is 74.0 Å². The van der Waals surface area contributed by atoms with Gasteiger partial charge in [-0.3, -0.25) is 14.5 Å². The third-order valence-electron chi connectivity index (χ3n) is 9.70. The van der Waals surface area contributed by atoms with Crippen molar-refractivity contribution in [2.45, 2.75) is 78.6 Å². The molecule has 0 aliphatic carbocycles. The van der Waals surface area contributed by atoms with Gasteiger partial charge in [0.25, 0.3) is 17.4 Å². The Labute approximate surface area is 307 Å². The molecular formula is C41H52N4O7. The van der Waals surface area contributed by atoms with Gasteiger partial charge >= 0.3 is 12.1 Å². The summed E-state index contributed by atoms with van der Waals surface area (Å²) >= 11 is 0. The van der Waals surface area contributed by atoms with E-state index in [1.165, 1.54) is 11.8 Å². The maximum Gasteiger partial charge on any atom is 0.409 e. The summed E-state index contributed by atoms with van der Waals surface area (Å²) in [5.74, 6) is -1.86. The highest BCUT2D eigenvalue weighted by molar-refractivity contribution is 6.15. The number of carboxylic acids is 1. The zero-order valence-electron chi connectivity index (χ0n) is 31.0. The van der Waals surface area contributed by atoms with Crippen molar-refractivity contribution in [3.05, 3.63) is 95.1 Å². The summed E-state index contributed by atoms with van der Waals surface area (Å²) in [6.45, 7) is 12.6. The van der Waals surface area contributed by atoms with E-state index in [0.717, 1.165) is 24.0 Å². The van der Waals surface area contributed by atoms with Gasteiger partial charge in [-0.05, 0) is 67.9 Å². The Morgan fingerprint density at radius 3 is 2.21 bits per heavy atom. The highest BCUT2D eigenvalue weighted by Gasteiger charge is 2.51. The molecule has 1 saturated heterocycles. The average molecular weight is 713 g/mol. The predicted octanol–water partition coefficient (Wildman–Crippen LogP) is 6.38. The molecule has 0 aromatic heterocycles. The molecule has 1 fully saturated rings. The van der Waals surface area contributed by atoms with Gasteiger partial charge in [0.1, 0.15) is 5.75 Å². The smallest absolute Gasteiger partial charge is 0.409 e. The first-order valence-electron chi connectivity index (χ1n) is 18.3. The van der Waals surface area contributed by atoms with Gasteiger partial charge in [0, 0.05) is 57.4 Å². The summed E-state index contributed by atoms with van der Waals surface area (Å²) in [5.41, 5.74) is 1.44. The van der Waals surface area contributed by atoms with Crippen LogP contribution in [-0.4, -0.2) is 94.7 Å². The molecule has 0 spiro atoms. The molecule has 0 saturated carbocycles. The number of aryl methyl sites for hydroxylation is 1. The Morgan fingerprint density at radius 2 is 1.63 bits per heavy atom. The van der Waals surface area contributed by atoms with Crippen molar-refractivity contribution in [1.29, 1.82) is 0 Å². The lowest BCUT2D eigenvalue weighted by Crippen LogP contribution is -2.60. The van der Waals surface area contributed by atoms with E-state index >= 15 is 0 Å².